The van der Waals surface area contributed by atoms with Gasteiger partial charge < -0.3 is 15.4 Å². The number of nitroso groups, excluding NO2 is 1. The second-order valence-corrected chi connectivity index (χ2v) is 3.61. The monoisotopic (exact) mass is 246 g/mol. The average Bonchev–Trinajstić information content (AvgIpc) is 2.76. The molecule has 1 amide bonds. The Hall–Kier alpha value is -2.70. The highest BCUT2D eigenvalue weighted by molar-refractivity contribution is 6.04. The van der Waals surface area contributed by atoms with Crippen molar-refractivity contribution in [2.24, 2.45) is 5.18 Å². The summed E-state index contributed by atoms with van der Waals surface area (Å²) in [7, 11) is 0. The van der Waals surface area contributed by atoms with Crippen molar-refractivity contribution in [2.75, 3.05) is 5.32 Å². The number of hydrogen-bond donors (Lipinski definition) is 3. The number of fused-ring (bicyclic) bond motifs is 1. The number of imidazole rings is 1. The molecule has 1 aromatic carbocycles. The van der Waals surface area contributed by atoms with Crippen LogP contribution < -0.4 is 5.32 Å². The summed E-state index contributed by atoms with van der Waals surface area (Å²) in [6.07, 6.45) is 1.53. The van der Waals surface area contributed by atoms with Crippen LogP contribution in [-0.4, -0.2) is 21.0 Å². The fourth-order valence-corrected chi connectivity index (χ4v) is 1.48. The molecular formula is C11H10N4O3. The van der Waals surface area contributed by atoms with Gasteiger partial charge in [0.25, 0.3) is 5.91 Å². The molecule has 1 heterocycles. The fourth-order valence-electron chi connectivity index (χ4n) is 1.48. The van der Waals surface area contributed by atoms with Crippen molar-refractivity contribution in [3.8, 4) is 0 Å². The first-order chi connectivity index (χ1) is 8.61. The first-order valence-electron chi connectivity index (χ1n) is 5.09. The summed E-state index contributed by atoms with van der Waals surface area (Å²) in [5, 5.41) is 14.0. The van der Waals surface area contributed by atoms with Crippen LogP contribution in [0.5, 0.6) is 0 Å². The number of aliphatic hydroxyl groups excluding tert-OH is 1. The standard InChI is InChI=1S/C11H10N4O3/c1-6(16)10(15-18)11(17)14-7-2-3-8-9(4-7)13-5-12-8/h2-5,16H,1H3,(H,12,13)(H,14,17)/b10-6+. The van der Waals surface area contributed by atoms with Gasteiger partial charge in [-0.3, -0.25) is 4.79 Å². The maximum atomic E-state index is 11.6. The van der Waals surface area contributed by atoms with Crippen LogP contribution in [0.25, 0.3) is 11.0 Å². The van der Waals surface area contributed by atoms with Crippen molar-refractivity contribution in [1.82, 2.24) is 9.97 Å². The minimum absolute atomic E-state index is 0.426. The zero-order valence-electron chi connectivity index (χ0n) is 9.47. The molecule has 3 N–H and O–H groups in total. The molecule has 2 aromatic rings. The Morgan fingerprint density at radius 2 is 2.28 bits per heavy atom. The van der Waals surface area contributed by atoms with E-state index in [9.17, 15) is 9.70 Å². The van der Waals surface area contributed by atoms with Gasteiger partial charge in [0, 0.05) is 5.69 Å². The Labute approximate surface area is 102 Å². The molecule has 0 aliphatic carbocycles. The lowest BCUT2D eigenvalue weighted by molar-refractivity contribution is -0.113. The van der Waals surface area contributed by atoms with E-state index in [-0.39, 0.29) is 0 Å². The third kappa shape index (κ3) is 2.19. The van der Waals surface area contributed by atoms with Crippen LogP contribution in [-0.2, 0) is 4.79 Å². The molecule has 0 radical (unpaired) electrons. The number of hydrogen-bond acceptors (Lipinski definition) is 5. The highest BCUT2D eigenvalue weighted by atomic mass is 16.3. The molecule has 0 aliphatic heterocycles. The molecular weight excluding hydrogens is 236 g/mol. The number of nitrogens with zero attached hydrogens (tertiary/aromatic N) is 2. The number of aliphatic hydroxyl groups is 1. The van der Waals surface area contributed by atoms with Gasteiger partial charge in [-0.2, -0.15) is 0 Å². The van der Waals surface area contributed by atoms with E-state index in [1.54, 1.807) is 18.2 Å². The van der Waals surface area contributed by atoms with Crippen LogP contribution in [0.3, 0.4) is 0 Å². The van der Waals surface area contributed by atoms with Crippen molar-refractivity contribution in [1.29, 1.82) is 0 Å². The van der Waals surface area contributed by atoms with Crippen LogP contribution >= 0.6 is 0 Å². The lowest BCUT2D eigenvalue weighted by Crippen LogP contribution is -2.14. The summed E-state index contributed by atoms with van der Waals surface area (Å²) in [5.41, 5.74) is 1.44. The number of anilines is 1. The molecule has 7 nitrogen and oxygen atoms in total. The molecule has 7 heteroatoms. The lowest BCUT2D eigenvalue weighted by atomic mass is 10.2. The molecule has 0 spiro atoms. The second-order valence-electron chi connectivity index (χ2n) is 3.61. The quantitative estimate of drug-likeness (QED) is 0.437. The van der Waals surface area contributed by atoms with Gasteiger partial charge in [-0.25, -0.2) is 4.98 Å². The van der Waals surface area contributed by atoms with Crippen molar-refractivity contribution in [3.05, 3.63) is 40.9 Å². The van der Waals surface area contributed by atoms with Gasteiger partial charge in [0.2, 0.25) is 5.70 Å². The number of carbonyl (C=O) groups is 1. The highest BCUT2D eigenvalue weighted by Gasteiger charge is 2.14. The number of amides is 1. The predicted octanol–water partition coefficient (Wildman–Crippen LogP) is 2.06. The van der Waals surface area contributed by atoms with E-state index in [1.165, 1.54) is 13.3 Å². The van der Waals surface area contributed by atoms with Gasteiger partial charge in [-0.1, -0.05) is 0 Å². The number of benzene rings is 1. The van der Waals surface area contributed by atoms with Crippen molar-refractivity contribution < 1.29 is 9.90 Å². The average molecular weight is 246 g/mol. The third-order valence-corrected chi connectivity index (χ3v) is 2.33. The molecule has 2 rings (SSSR count). The Kier molecular flexibility index (Phi) is 3.05. The van der Waals surface area contributed by atoms with Gasteiger partial charge >= 0.3 is 0 Å². The molecule has 92 valence electrons. The third-order valence-electron chi connectivity index (χ3n) is 2.33. The minimum Gasteiger partial charge on any atom is -0.510 e. The first kappa shape index (κ1) is 11.8. The maximum Gasteiger partial charge on any atom is 0.281 e. The summed E-state index contributed by atoms with van der Waals surface area (Å²) in [5.74, 6) is -1.19. The summed E-state index contributed by atoms with van der Waals surface area (Å²) in [6.45, 7) is 1.22. The molecule has 0 fully saturated rings. The van der Waals surface area contributed by atoms with Crippen LogP contribution in [0.2, 0.25) is 0 Å². The molecule has 0 saturated heterocycles. The van der Waals surface area contributed by atoms with E-state index < -0.39 is 17.4 Å². The highest BCUT2D eigenvalue weighted by Crippen LogP contribution is 2.16. The topological polar surface area (TPSA) is 107 Å². The lowest BCUT2D eigenvalue weighted by Gasteiger charge is -2.04. The van der Waals surface area contributed by atoms with E-state index in [0.29, 0.717) is 5.69 Å². The molecule has 1 aromatic heterocycles. The summed E-state index contributed by atoms with van der Waals surface area (Å²) < 4.78 is 0. The van der Waals surface area contributed by atoms with Crippen LogP contribution in [0.1, 0.15) is 6.92 Å². The zero-order chi connectivity index (χ0) is 13.1. The van der Waals surface area contributed by atoms with Gasteiger partial charge in [0.05, 0.1) is 17.4 Å². The molecule has 18 heavy (non-hydrogen) atoms. The Morgan fingerprint density at radius 3 is 2.94 bits per heavy atom. The number of aromatic nitrogens is 2. The van der Waals surface area contributed by atoms with Crippen molar-refractivity contribution in [3.63, 3.8) is 0 Å². The van der Waals surface area contributed by atoms with E-state index in [4.69, 9.17) is 5.11 Å². The Bertz CT molecular complexity index is 641. The zero-order valence-corrected chi connectivity index (χ0v) is 9.47. The molecule has 0 bridgehead atoms. The minimum atomic E-state index is -0.760. The van der Waals surface area contributed by atoms with Crippen LogP contribution in [0.15, 0.2) is 41.2 Å². The van der Waals surface area contributed by atoms with E-state index in [0.717, 1.165) is 11.0 Å². The Morgan fingerprint density at radius 1 is 1.50 bits per heavy atom. The fraction of sp³-hybridized carbons (Fsp3) is 0.0909. The summed E-state index contributed by atoms with van der Waals surface area (Å²) in [4.78, 5) is 28.9. The largest absolute Gasteiger partial charge is 0.510 e. The number of nitrogens with one attached hydrogen (secondary N) is 2. The normalized spacial score (nSPS) is 12.1. The van der Waals surface area contributed by atoms with Crippen molar-refractivity contribution in [2.45, 2.75) is 6.92 Å². The predicted molar refractivity (Wildman–Crippen MR) is 65.8 cm³/mol. The smallest absolute Gasteiger partial charge is 0.281 e. The van der Waals surface area contributed by atoms with Gasteiger partial charge in [0.15, 0.2) is 0 Å². The first-order valence-corrected chi connectivity index (χ1v) is 5.09. The van der Waals surface area contributed by atoms with Crippen LogP contribution in [0.4, 0.5) is 5.69 Å². The van der Waals surface area contributed by atoms with E-state index in [2.05, 4.69) is 20.5 Å². The molecule has 0 atom stereocenters. The molecule has 0 aliphatic rings. The Balaban J connectivity index is 2.26. The number of carbonyl (C=O) groups excluding carboxylic acids is 1. The summed E-state index contributed by atoms with van der Waals surface area (Å²) >= 11 is 0. The van der Waals surface area contributed by atoms with Crippen LogP contribution in [0, 0.1) is 4.91 Å². The second kappa shape index (κ2) is 4.66. The van der Waals surface area contributed by atoms with Crippen molar-refractivity contribution >= 4 is 22.6 Å². The SMILES string of the molecule is C/C(O)=C(\N=O)C(=O)Nc1ccc2nc[nH]c2c1. The molecule has 0 saturated carbocycles. The van der Waals surface area contributed by atoms with Gasteiger partial charge in [0.1, 0.15) is 5.76 Å². The summed E-state index contributed by atoms with van der Waals surface area (Å²) in [6, 6.07) is 5.01. The number of H-pyrrole nitrogens is 1. The van der Waals surface area contributed by atoms with Gasteiger partial charge in [-0.05, 0) is 30.3 Å². The number of aromatic amines is 1. The number of rotatable bonds is 3. The van der Waals surface area contributed by atoms with Gasteiger partial charge in [-0.15, -0.1) is 4.91 Å². The molecule has 0 unspecified atom stereocenters. The van der Waals surface area contributed by atoms with E-state index in [1.807, 2.05) is 0 Å². The number of allylic oxidation sites excluding steroid dienone is 1. The maximum absolute atomic E-state index is 11.6. The van der Waals surface area contributed by atoms with E-state index >= 15 is 0 Å².